The van der Waals surface area contributed by atoms with E-state index in [0.29, 0.717) is 25.5 Å². The molecule has 0 spiro atoms. The van der Waals surface area contributed by atoms with Crippen LogP contribution in [0.3, 0.4) is 0 Å². The first-order valence-electron chi connectivity index (χ1n) is 7.30. The fourth-order valence-electron chi connectivity index (χ4n) is 3.13. The largest absolute Gasteiger partial charge is 0.459 e. The molecule has 2 fully saturated rings. The van der Waals surface area contributed by atoms with Gasteiger partial charge in [-0.2, -0.15) is 0 Å². The summed E-state index contributed by atoms with van der Waals surface area (Å²) in [7, 11) is 0. The molecule has 0 unspecified atom stereocenters. The Morgan fingerprint density at radius 1 is 1.32 bits per heavy atom. The zero-order chi connectivity index (χ0) is 14.9. The van der Waals surface area contributed by atoms with Gasteiger partial charge < -0.3 is 19.0 Å². The number of hydrogen-bond acceptors (Lipinski definition) is 6. The number of aromatic nitrogens is 2. The van der Waals surface area contributed by atoms with Crippen LogP contribution >= 0.6 is 0 Å². The van der Waals surface area contributed by atoms with Gasteiger partial charge in [0.15, 0.2) is 5.76 Å². The van der Waals surface area contributed by atoms with Crippen LogP contribution in [0, 0.1) is 0 Å². The Kier molecular flexibility index (Phi) is 3.27. The molecule has 2 saturated heterocycles. The maximum atomic E-state index is 12.4. The number of morpholine rings is 1. The summed E-state index contributed by atoms with van der Waals surface area (Å²) in [5.74, 6) is 1.10. The van der Waals surface area contributed by atoms with Crippen LogP contribution in [-0.4, -0.2) is 59.2 Å². The highest BCUT2D eigenvalue weighted by atomic mass is 16.5. The van der Waals surface area contributed by atoms with Crippen molar-refractivity contribution < 1.29 is 13.9 Å². The Morgan fingerprint density at radius 2 is 2.27 bits per heavy atom. The van der Waals surface area contributed by atoms with Gasteiger partial charge in [-0.25, -0.2) is 4.98 Å². The van der Waals surface area contributed by atoms with Crippen molar-refractivity contribution in [3.63, 3.8) is 0 Å². The number of anilines is 1. The van der Waals surface area contributed by atoms with Gasteiger partial charge in [-0.3, -0.25) is 9.78 Å². The quantitative estimate of drug-likeness (QED) is 0.817. The molecule has 2 aromatic heterocycles. The van der Waals surface area contributed by atoms with Crippen molar-refractivity contribution in [2.24, 2.45) is 0 Å². The van der Waals surface area contributed by atoms with Crippen LogP contribution in [0.1, 0.15) is 10.6 Å². The Bertz CT molecular complexity index is 646. The van der Waals surface area contributed by atoms with Gasteiger partial charge in [-0.15, -0.1) is 0 Å². The predicted molar refractivity (Wildman–Crippen MR) is 77.5 cm³/mol. The lowest BCUT2D eigenvalue weighted by Crippen LogP contribution is -2.51. The number of rotatable bonds is 2. The summed E-state index contributed by atoms with van der Waals surface area (Å²) in [6, 6.07) is 3.51. The van der Waals surface area contributed by atoms with Crippen molar-refractivity contribution in [3.8, 4) is 0 Å². The standard InChI is InChI=1S/C15H16N4O3/c20-15(12-2-1-6-21-12)18-9-11-13(10-18)22-7-5-19(11)14-8-16-3-4-17-14/h1-4,6,8,11,13H,5,7,9-10H2/t11-,13+/m1/s1. The summed E-state index contributed by atoms with van der Waals surface area (Å²) in [6.45, 7) is 2.55. The van der Waals surface area contributed by atoms with E-state index in [4.69, 9.17) is 9.15 Å². The van der Waals surface area contributed by atoms with Crippen LogP contribution in [0.4, 0.5) is 5.82 Å². The van der Waals surface area contributed by atoms with Gasteiger partial charge in [0.2, 0.25) is 0 Å². The lowest BCUT2D eigenvalue weighted by Gasteiger charge is -2.37. The summed E-state index contributed by atoms with van der Waals surface area (Å²) in [4.78, 5) is 24.9. The molecule has 0 radical (unpaired) electrons. The van der Waals surface area contributed by atoms with Crippen molar-refractivity contribution in [2.75, 3.05) is 31.1 Å². The zero-order valence-electron chi connectivity index (χ0n) is 12.0. The number of carbonyl (C=O) groups is 1. The molecule has 0 saturated carbocycles. The van der Waals surface area contributed by atoms with E-state index in [1.54, 1.807) is 35.6 Å². The third-order valence-electron chi connectivity index (χ3n) is 4.16. The summed E-state index contributed by atoms with van der Waals surface area (Å²) >= 11 is 0. The van der Waals surface area contributed by atoms with Gasteiger partial charge in [-0.1, -0.05) is 0 Å². The van der Waals surface area contributed by atoms with Crippen LogP contribution in [0.25, 0.3) is 0 Å². The molecule has 1 amide bonds. The van der Waals surface area contributed by atoms with Crippen LogP contribution < -0.4 is 4.90 Å². The second-order valence-electron chi connectivity index (χ2n) is 5.42. The number of amides is 1. The average molecular weight is 300 g/mol. The van der Waals surface area contributed by atoms with E-state index >= 15 is 0 Å². The number of hydrogen-bond donors (Lipinski definition) is 0. The van der Waals surface area contributed by atoms with E-state index in [1.165, 1.54) is 6.26 Å². The number of carbonyl (C=O) groups excluding carboxylic acids is 1. The van der Waals surface area contributed by atoms with E-state index in [2.05, 4.69) is 14.9 Å². The Morgan fingerprint density at radius 3 is 3.05 bits per heavy atom. The fourth-order valence-corrected chi connectivity index (χ4v) is 3.13. The van der Waals surface area contributed by atoms with Crippen LogP contribution in [0.2, 0.25) is 0 Å². The number of fused-ring (bicyclic) bond motifs is 1. The maximum absolute atomic E-state index is 12.4. The molecular weight excluding hydrogens is 284 g/mol. The number of furan rings is 1. The normalized spacial score (nSPS) is 24.4. The van der Waals surface area contributed by atoms with E-state index < -0.39 is 0 Å². The number of nitrogens with zero attached hydrogens (tertiary/aromatic N) is 4. The second-order valence-corrected chi connectivity index (χ2v) is 5.42. The molecule has 0 bridgehead atoms. The maximum Gasteiger partial charge on any atom is 0.289 e. The molecule has 2 aliphatic heterocycles. The van der Waals surface area contributed by atoms with Crippen molar-refractivity contribution >= 4 is 11.7 Å². The molecule has 2 atom stereocenters. The molecule has 0 N–H and O–H groups in total. The third-order valence-corrected chi connectivity index (χ3v) is 4.16. The summed E-state index contributed by atoms with van der Waals surface area (Å²) in [5, 5.41) is 0. The summed E-state index contributed by atoms with van der Waals surface area (Å²) in [6.07, 6.45) is 6.59. The SMILES string of the molecule is O=C(c1ccco1)N1C[C@@H]2OCCN(c3cnccn3)[C@@H]2C1. The first kappa shape index (κ1) is 13.3. The molecule has 0 aromatic carbocycles. The average Bonchev–Trinajstić information content (AvgIpc) is 3.24. The molecule has 7 heteroatoms. The van der Waals surface area contributed by atoms with E-state index in [-0.39, 0.29) is 18.1 Å². The van der Waals surface area contributed by atoms with Gasteiger partial charge in [0, 0.05) is 32.0 Å². The number of ether oxygens (including phenoxy) is 1. The topological polar surface area (TPSA) is 71.7 Å². The van der Waals surface area contributed by atoms with Crippen LogP contribution in [0.15, 0.2) is 41.4 Å². The van der Waals surface area contributed by atoms with E-state index in [9.17, 15) is 4.79 Å². The van der Waals surface area contributed by atoms with E-state index in [1.807, 2.05) is 0 Å². The second kappa shape index (κ2) is 5.42. The van der Waals surface area contributed by atoms with Crippen molar-refractivity contribution in [1.82, 2.24) is 14.9 Å². The number of likely N-dealkylation sites (tertiary alicyclic amines) is 1. The van der Waals surface area contributed by atoms with Crippen molar-refractivity contribution in [1.29, 1.82) is 0 Å². The van der Waals surface area contributed by atoms with Crippen molar-refractivity contribution in [3.05, 3.63) is 42.7 Å². The Hall–Kier alpha value is -2.41. The zero-order valence-corrected chi connectivity index (χ0v) is 12.0. The Balaban J connectivity index is 1.55. The molecule has 0 aliphatic carbocycles. The minimum atomic E-state index is -0.0953. The predicted octanol–water partition coefficient (Wildman–Crippen LogP) is 0.799. The molecule has 4 rings (SSSR count). The van der Waals surface area contributed by atoms with Gasteiger partial charge in [0.25, 0.3) is 5.91 Å². The highest BCUT2D eigenvalue weighted by Crippen LogP contribution is 2.27. The molecular formula is C15H16N4O3. The molecule has 114 valence electrons. The molecule has 2 aromatic rings. The highest BCUT2D eigenvalue weighted by Gasteiger charge is 2.43. The Labute approximate surface area is 127 Å². The lowest BCUT2D eigenvalue weighted by atomic mass is 10.1. The molecule has 2 aliphatic rings. The van der Waals surface area contributed by atoms with Gasteiger partial charge >= 0.3 is 0 Å². The van der Waals surface area contributed by atoms with E-state index in [0.717, 1.165) is 12.4 Å². The van der Waals surface area contributed by atoms with Gasteiger partial charge in [0.05, 0.1) is 31.2 Å². The van der Waals surface area contributed by atoms with Crippen molar-refractivity contribution in [2.45, 2.75) is 12.1 Å². The monoisotopic (exact) mass is 300 g/mol. The summed E-state index contributed by atoms with van der Waals surface area (Å²) in [5.41, 5.74) is 0. The fraction of sp³-hybridized carbons (Fsp3) is 0.400. The lowest BCUT2D eigenvalue weighted by molar-refractivity contribution is 0.0296. The van der Waals surface area contributed by atoms with Gasteiger partial charge in [0.1, 0.15) is 5.82 Å². The third kappa shape index (κ3) is 2.23. The first-order valence-corrected chi connectivity index (χ1v) is 7.30. The smallest absolute Gasteiger partial charge is 0.289 e. The molecule has 22 heavy (non-hydrogen) atoms. The van der Waals surface area contributed by atoms with Crippen LogP contribution in [0.5, 0.6) is 0 Å². The van der Waals surface area contributed by atoms with Crippen LogP contribution in [-0.2, 0) is 4.74 Å². The highest BCUT2D eigenvalue weighted by molar-refractivity contribution is 5.91. The molecule has 4 heterocycles. The van der Waals surface area contributed by atoms with Gasteiger partial charge in [-0.05, 0) is 12.1 Å². The molecule has 7 nitrogen and oxygen atoms in total. The minimum Gasteiger partial charge on any atom is -0.459 e. The minimum absolute atomic E-state index is 0.00494. The summed E-state index contributed by atoms with van der Waals surface area (Å²) < 4.78 is 11.0. The first-order chi connectivity index (χ1) is 10.8.